The van der Waals surface area contributed by atoms with E-state index in [2.05, 4.69) is 53.8 Å². The van der Waals surface area contributed by atoms with Crippen LogP contribution in [-0.4, -0.2) is 4.98 Å². The number of anilines is 1. The van der Waals surface area contributed by atoms with Crippen molar-refractivity contribution in [1.82, 2.24) is 4.98 Å². The molecule has 0 radical (unpaired) electrons. The summed E-state index contributed by atoms with van der Waals surface area (Å²) in [6.07, 6.45) is 0. The maximum Gasteiger partial charge on any atom is 0.183 e. The molecule has 0 fully saturated rings. The normalized spacial score (nSPS) is 12.4. The number of aromatic nitrogens is 1. The van der Waals surface area contributed by atoms with E-state index in [4.69, 9.17) is 0 Å². The molecule has 1 unspecified atom stereocenters. The highest BCUT2D eigenvalue weighted by molar-refractivity contribution is 7.13. The molecule has 1 heterocycles. The van der Waals surface area contributed by atoms with E-state index in [1.54, 1.807) is 11.3 Å². The maximum absolute atomic E-state index is 4.41. The topological polar surface area (TPSA) is 24.9 Å². The summed E-state index contributed by atoms with van der Waals surface area (Å²) in [7, 11) is 0. The average Bonchev–Trinajstić information content (AvgIpc) is 2.64. The Balaban J connectivity index is 2.14. The molecule has 0 aliphatic carbocycles. The van der Waals surface area contributed by atoms with E-state index in [1.807, 2.05) is 6.92 Å². The molecule has 0 aliphatic rings. The molecule has 1 atom stereocenters. The molecule has 3 heteroatoms. The second kappa shape index (κ2) is 4.66. The predicted molar refractivity (Wildman–Crippen MR) is 70.1 cm³/mol. The first-order valence-electron chi connectivity index (χ1n) is 5.41. The number of rotatable bonds is 3. The van der Waals surface area contributed by atoms with Gasteiger partial charge in [0.25, 0.3) is 0 Å². The fraction of sp³-hybridized carbons (Fsp3) is 0.308. The molecule has 16 heavy (non-hydrogen) atoms. The first-order valence-corrected chi connectivity index (χ1v) is 6.29. The van der Waals surface area contributed by atoms with Gasteiger partial charge in [0.05, 0.1) is 11.7 Å². The van der Waals surface area contributed by atoms with Gasteiger partial charge in [0.2, 0.25) is 0 Å². The lowest BCUT2D eigenvalue weighted by molar-refractivity contribution is 0.870. The number of thiazole rings is 1. The van der Waals surface area contributed by atoms with Crippen LogP contribution in [0.15, 0.2) is 29.6 Å². The quantitative estimate of drug-likeness (QED) is 0.867. The van der Waals surface area contributed by atoms with Gasteiger partial charge in [0.15, 0.2) is 5.13 Å². The van der Waals surface area contributed by atoms with Crippen LogP contribution in [0.5, 0.6) is 0 Å². The van der Waals surface area contributed by atoms with Crippen LogP contribution in [0, 0.1) is 13.8 Å². The Hall–Kier alpha value is -1.35. The first kappa shape index (κ1) is 11.1. The minimum Gasteiger partial charge on any atom is -0.355 e. The molecule has 1 N–H and O–H groups in total. The number of hydrogen-bond acceptors (Lipinski definition) is 3. The van der Waals surface area contributed by atoms with Crippen molar-refractivity contribution in [2.75, 3.05) is 5.32 Å². The number of nitrogens with zero attached hydrogens (tertiary/aromatic N) is 1. The van der Waals surface area contributed by atoms with Crippen LogP contribution in [0.1, 0.15) is 29.8 Å². The fourth-order valence-electron chi connectivity index (χ4n) is 1.76. The van der Waals surface area contributed by atoms with Crippen LogP contribution in [0.2, 0.25) is 0 Å². The minimum atomic E-state index is 0.298. The van der Waals surface area contributed by atoms with E-state index in [0.29, 0.717) is 6.04 Å². The Bertz CT molecular complexity index is 476. The average molecular weight is 232 g/mol. The summed E-state index contributed by atoms with van der Waals surface area (Å²) >= 11 is 1.66. The Kier molecular flexibility index (Phi) is 3.25. The van der Waals surface area contributed by atoms with Crippen LogP contribution >= 0.6 is 11.3 Å². The van der Waals surface area contributed by atoms with E-state index in [9.17, 15) is 0 Å². The van der Waals surface area contributed by atoms with E-state index < -0.39 is 0 Å². The zero-order valence-electron chi connectivity index (χ0n) is 9.82. The monoisotopic (exact) mass is 232 g/mol. The number of hydrogen-bond donors (Lipinski definition) is 1. The molecule has 1 aromatic carbocycles. The van der Waals surface area contributed by atoms with Gasteiger partial charge in [-0.1, -0.05) is 24.3 Å². The van der Waals surface area contributed by atoms with Crippen LogP contribution in [-0.2, 0) is 0 Å². The summed E-state index contributed by atoms with van der Waals surface area (Å²) in [5.74, 6) is 0. The van der Waals surface area contributed by atoms with Crippen molar-refractivity contribution in [3.8, 4) is 0 Å². The Morgan fingerprint density at radius 3 is 2.62 bits per heavy atom. The van der Waals surface area contributed by atoms with E-state index >= 15 is 0 Å². The van der Waals surface area contributed by atoms with Crippen molar-refractivity contribution in [2.24, 2.45) is 0 Å². The maximum atomic E-state index is 4.41. The van der Waals surface area contributed by atoms with Crippen molar-refractivity contribution in [3.05, 3.63) is 46.5 Å². The van der Waals surface area contributed by atoms with Gasteiger partial charge in [-0.3, -0.25) is 0 Å². The van der Waals surface area contributed by atoms with Crippen LogP contribution in [0.25, 0.3) is 0 Å². The van der Waals surface area contributed by atoms with Crippen molar-refractivity contribution < 1.29 is 0 Å². The zero-order valence-corrected chi connectivity index (χ0v) is 10.6. The third-order valence-electron chi connectivity index (χ3n) is 2.61. The Morgan fingerprint density at radius 2 is 2.00 bits per heavy atom. The van der Waals surface area contributed by atoms with Gasteiger partial charge in [-0.15, -0.1) is 11.3 Å². The van der Waals surface area contributed by atoms with Crippen molar-refractivity contribution in [2.45, 2.75) is 26.8 Å². The van der Waals surface area contributed by atoms with Crippen molar-refractivity contribution in [1.29, 1.82) is 0 Å². The molecular weight excluding hydrogens is 216 g/mol. The molecular formula is C13H16N2S. The molecule has 0 saturated carbocycles. The lowest BCUT2D eigenvalue weighted by Crippen LogP contribution is -2.07. The molecule has 0 saturated heterocycles. The summed E-state index contributed by atoms with van der Waals surface area (Å²) in [5.41, 5.74) is 3.72. The van der Waals surface area contributed by atoms with Crippen LogP contribution in [0.3, 0.4) is 0 Å². The third-order valence-corrected chi connectivity index (χ3v) is 3.51. The SMILES string of the molecule is Cc1csc(NC(C)c2ccccc2C)n1. The highest BCUT2D eigenvalue weighted by Gasteiger charge is 2.08. The van der Waals surface area contributed by atoms with Gasteiger partial charge in [-0.05, 0) is 31.9 Å². The van der Waals surface area contributed by atoms with E-state index in [-0.39, 0.29) is 0 Å². The summed E-state index contributed by atoms with van der Waals surface area (Å²) < 4.78 is 0. The van der Waals surface area contributed by atoms with Crippen molar-refractivity contribution >= 4 is 16.5 Å². The summed E-state index contributed by atoms with van der Waals surface area (Å²) in [6, 6.07) is 8.74. The standard InChI is InChI=1S/C13H16N2S/c1-9-6-4-5-7-12(9)11(3)15-13-14-10(2)8-16-13/h4-8,11H,1-3H3,(H,14,15). The Morgan fingerprint density at radius 1 is 1.25 bits per heavy atom. The van der Waals surface area contributed by atoms with Gasteiger partial charge in [-0.2, -0.15) is 0 Å². The van der Waals surface area contributed by atoms with Gasteiger partial charge in [-0.25, -0.2) is 4.98 Å². The summed E-state index contributed by atoms with van der Waals surface area (Å²) in [5, 5.41) is 6.48. The minimum absolute atomic E-state index is 0.298. The first-order chi connectivity index (χ1) is 7.66. The van der Waals surface area contributed by atoms with E-state index in [1.165, 1.54) is 11.1 Å². The fourth-order valence-corrected chi connectivity index (χ4v) is 2.53. The second-order valence-electron chi connectivity index (χ2n) is 4.02. The second-order valence-corrected chi connectivity index (χ2v) is 4.87. The highest BCUT2D eigenvalue weighted by Crippen LogP contribution is 2.23. The van der Waals surface area contributed by atoms with E-state index in [0.717, 1.165) is 10.8 Å². The predicted octanol–water partition coefficient (Wildman–Crippen LogP) is 3.93. The molecule has 2 nitrogen and oxygen atoms in total. The molecule has 1 aromatic heterocycles. The molecule has 0 spiro atoms. The Labute approximate surface area is 100 Å². The molecule has 2 rings (SSSR count). The van der Waals surface area contributed by atoms with Crippen LogP contribution < -0.4 is 5.32 Å². The summed E-state index contributed by atoms with van der Waals surface area (Å²) in [4.78, 5) is 4.41. The largest absolute Gasteiger partial charge is 0.355 e. The smallest absolute Gasteiger partial charge is 0.183 e. The number of nitrogens with one attached hydrogen (secondary N) is 1. The van der Waals surface area contributed by atoms with Gasteiger partial charge in [0.1, 0.15) is 0 Å². The molecule has 0 bridgehead atoms. The lowest BCUT2D eigenvalue weighted by atomic mass is 10.0. The van der Waals surface area contributed by atoms with Gasteiger partial charge >= 0.3 is 0 Å². The van der Waals surface area contributed by atoms with Crippen molar-refractivity contribution in [3.63, 3.8) is 0 Å². The number of benzene rings is 1. The highest BCUT2D eigenvalue weighted by atomic mass is 32.1. The zero-order chi connectivity index (χ0) is 11.5. The number of aryl methyl sites for hydroxylation is 2. The molecule has 0 aliphatic heterocycles. The van der Waals surface area contributed by atoms with Gasteiger partial charge in [0, 0.05) is 5.38 Å². The molecule has 2 aromatic rings. The summed E-state index contributed by atoms with van der Waals surface area (Å²) in [6.45, 7) is 6.32. The third kappa shape index (κ3) is 2.42. The lowest BCUT2D eigenvalue weighted by Gasteiger charge is -2.15. The molecule has 84 valence electrons. The molecule has 0 amide bonds. The van der Waals surface area contributed by atoms with Gasteiger partial charge < -0.3 is 5.32 Å². The van der Waals surface area contributed by atoms with Crippen LogP contribution in [0.4, 0.5) is 5.13 Å².